The number of amides is 1. The molecule has 0 saturated carbocycles. The fourth-order valence-electron chi connectivity index (χ4n) is 2.17. The zero-order valence-corrected chi connectivity index (χ0v) is 11.6. The molecule has 0 radical (unpaired) electrons. The Morgan fingerprint density at radius 1 is 1.19 bits per heavy atom. The van der Waals surface area contributed by atoms with Crippen LogP contribution in [0.2, 0.25) is 0 Å². The smallest absolute Gasteiger partial charge is 0.257 e. The molecule has 0 atom stereocenters. The number of aromatic amines is 1. The van der Waals surface area contributed by atoms with Crippen LogP contribution in [-0.2, 0) is 0 Å². The van der Waals surface area contributed by atoms with Crippen LogP contribution in [0.5, 0.6) is 0 Å². The maximum atomic E-state index is 12.3. The number of hydrogen-bond donors (Lipinski definition) is 2. The topological polar surface area (TPSA) is 70.7 Å². The Balaban J connectivity index is 1.64. The maximum absolute atomic E-state index is 12.3. The zero-order chi connectivity index (χ0) is 14.2. The van der Waals surface area contributed by atoms with Gasteiger partial charge >= 0.3 is 0 Å². The highest BCUT2D eigenvalue weighted by Gasteiger charge is 2.10. The van der Waals surface area contributed by atoms with E-state index in [0.717, 1.165) is 21.1 Å². The van der Waals surface area contributed by atoms with Gasteiger partial charge in [0.25, 0.3) is 5.91 Å². The van der Waals surface area contributed by atoms with Gasteiger partial charge in [-0.15, -0.1) is 0 Å². The molecule has 2 heterocycles. The van der Waals surface area contributed by atoms with E-state index in [2.05, 4.69) is 20.5 Å². The van der Waals surface area contributed by atoms with E-state index in [0.29, 0.717) is 10.7 Å². The van der Waals surface area contributed by atoms with Crippen molar-refractivity contribution in [1.82, 2.24) is 15.2 Å². The van der Waals surface area contributed by atoms with Crippen LogP contribution in [-0.4, -0.2) is 21.1 Å². The summed E-state index contributed by atoms with van der Waals surface area (Å²) < 4.78 is 1.05. The van der Waals surface area contributed by atoms with Crippen molar-refractivity contribution < 1.29 is 4.79 Å². The number of nitrogens with one attached hydrogen (secondary N) is 2. The number of anilines is 1. The first-order chi connectivity index (χ1) is 10.3. The Labute approximate surface area is 123 Å². The largest absolute Gasteiger partial charge is 0.298 e. The summed E-state index contributed by atoms with van der Waals surface area (Å²) in [7, 11) is 0. The number of rotatable bonds is 2. The van der Waals surface area contributed by atoms with E-state index in [9.17, 15) is 4.79 Å². The Morgan fingerprint density at radius 2 is 2.10 bits per heavy atom. The normalized spacial score (nSPS) is 11.0. The van der Waals surface area contributed by atoms with E-state index in [1.54, 1.807) is 18.3 Å². The molecule has 5 nitrogen and oxygen atoms in total. The second-order valence-corrected chi connectivity index (χ2v) is 5.64. The second kappa shape index (κ2) is 4.68. The van der Waals surface area contributed by atoms with Gasteiger partial charge in [0.15, 0.2) is 5.13 Å². The molecule has 21 heavy (non-hydrogen) atoms. The molecule has 0 aliphatic heterocycles. The average Bonchev–Trinajstić information content (AvgIpc) is 3.11. The summed E-state index contributed by atoms with van der Waals surface area (Å²) in [5.74, 6) is -0.175. The fraction of sp³-hybridized carbons (Fsp3) is 0. The molecule has 2 aromatic carbocycles. The van der Waals surface area contributed by atoms with Crippen LogP contribution in [0.15, 0.2) is 48.7 Å². The minimum Gasteiger partial charge on any atom is -0.298 e. The molecule has 0 spiro atoms. The first-order valence-electron chi connectivity index (χ1n) is 6.40. The lowest BCUT2D eigenvalue weighted by atomic mass is 10.1. The molecule has 0 bridgehead atoms. The van der Waals surface area contributed by atoms with Gasteiger partial charge in [0.05, 0.1) is 21.9 Å². The van der Waals surface area contributed by atoms with E-state index >= 15 is 0 Å². The Bertz CT molecular complexity index is 923. The molecule has 1 amide bonds. The number of nitrogens with zero attached hydrogens (tertiary/aromatic N) is 2. The van der Waals surface area contributed by atoms with Crippen molar-refractivity contribution in [2.24, 2.45) is 0 Å². The number of H-pyrrole nitrogens is 1. The number of aromatic nitrogens is 3. The third-order valence-corrected chi connectivity index (χ3v) is 4.17. The Hall–Kier alpha value is -2.73. The minimum absolute atomic E-state index is 0.175. The monoisotopic (exact) mass is 294 g/mol. The molecule has 2 aromatic heterocycles. The van der Waals surface area contributed by atoms with E-state index in [1.165, 1.54) is 11.3 Å². The van der Waals surface area contributed by atoms with Gasteiger partial charge in [-0.3, -0.25) is 15.2 Å². The lowest BCUT2D eigenvalue weighted by Crippen LogP contribution is -2.11. The molecule has 4 aromatic rings. The molecule has 0 aliphatic rings. The predicted octanol–water partition coefficient (Wildman–Crippen LogP) is 3.42. The second-order valence-electron chi connectivity index (χ2n) is 4.61. The SMILES string of the molecule is O=C(Nc1nc2ccccc2s1)c1ccc2cn[nH]c2c1. The number of carbonyl (C=O) groups is 1. The summed E-state index contributed by atoms with van der Waals surface area (Å²) in [5.41, 5.74) is 2.31. The van der Waals surface area contributed by atoms with Crippen LogP contribution < -0.4 is 5.32 Å². The summed E-state index contributed by atoms with van der Waals surface area (Å²) >= 11 is 1.46. The van der Waals surface area contributed by atoms with Crippen molar-refractivity contribution in [3.8, 4) is 0 Å². The van der Waals surface area contributed by atoms with Crippen LogP contribution in [0, 0.1) is 0 Å². The van der Waals surface area contributed by atoms with Crippen molar-refractivity contribution in [3.63, 3.8) is 0 Å². The van der Waals surface area contributed by atoms with Crippen molar-refractivity contribution in [1.29, 1.82) is 0 Å². The number of carbonyl (C=O) groups excluding carboxylic acids is 1. The van der Waals surface area contributed by atoms with Crippen LogP contribution in [0.1, 0.15) is 10.4 Å². The number of fused-ring (bicyclic) bond motifs is 2. The highest BCUT2D eigenvalue weighted by Crippen LogP contribution is 2.26. The molecule has 6 heteroatoms. The van der Waals surface area contributed by atoms with Gasteiger partial charge in [0, 0.05) is 10.9 Å². The summed E-state index contributed by atoms with van der Waals surface area (Å²) in [4.78, 5) is 16.7. The highest BCUT2D eigenvalue weighted by molar-refractivity contribution is 7.22. The molecular weight excluding hydrogens is 284 g/mol. The van der Waals surface area contributed by atoms with Gasteiger partial charge in [-0.1, -0.05) is 29.5 Å². The summed E-state index contributed by atoms with van der Waals surface area (Å²) in [6.07, 6.45) is 1.73. The first kappa shape index (κ1) is 12.0. The number of benzene rings is 2. The predicted molar refractivity (Wildman–Crippen MR) is 83.7 cm³/mol. The van der Waals surface area contributed by atoms with Crippen molar-refractivity contribution in [3.05, 3.63) is 54.2 Å². The Kier molecular flexibility index (Phi) is 2.68. The maximum Gasteiger partial charge on any atom is 0.257 e. The third kappa shape index (κ3) is 2.15. The molecule has 0 unspecified atom stereocenters. The molecule has 0 fully saturated rings. The van der Waals surface area contributed by atoms with Crippen LogP contribution >= 0.6 is 11.3 Å². The Morgan fingerprint density at radius 3 is 3.00 bits per heavy atom. The lowest BCUT2D eigenvalue weighted by Gasteiger charge is -2.01. The van der Waals surface area contributed by atoms with Crippen molar-refractivity contribution in [2.75, 3.05) is 5.32 Å². The molecule has 2 N–H and O–H groups in total. The lowest BCUT2D eigenvalue weighted by molar-refractivity contribution is 0.102. The first-order valence-corrected chi connectivity index (χ1v) is 7.21. The highest BCUT2D eigenvalue weighted by atomic mass is 32.1. The zero-order valence-electron chi connectivity index (χ0n) is 10.8. The van der Waals surface area contributed by atoms with Gasteiger partial charge in [0.1, 0.15) is 0 Å². The van der Waals surface area contributed by atoms with Gasteiger partial charge in [-0.2, -0.15) is 5.10 Å². The molecule has 0 saturated heterocycles. The quantitative estimate of drug-likeness (QED) is 0.595. The van der Waals surface area contributed by atoms with E-state index < -0.39 is 0 Å². The van der Waals surface area contributed by atoms with Crippen molar-refractivity contribution >= 4 is 43.5 Å². The third-order valence-electron chi connectivity index (χ3n) is 3.22. The number of hydrogen-bond acceptors (Lipinski definition) is 4. The summed E-state index contributed by atoms with van der Waals surface area (Å²) in [5, 5.41) is 11.2. The van der Waals surface area contributed by atoms with E-state index in [4.69, 9.17) is 0 Å². The minimum atomic E-state index is -0.175. The standard InChI is InChI=1S/C15H10N4OS/c20-14(9-5-6-10-8-16-19-12(10)7-9)18-15-17-11-3-1-2-4-13(11)21-15/h1-8H,(H,16,19)(H,17,18,20). The molecule has 0 aliphatic carbocycles. The van der Waals surface area contributed by atoms with Crippen LogP contribution in [0.4, 0.5) is 5.13 Å². The molecule has 4 rings (SSSR count). The van der Waals surface area contributed by atoms with Crippen LogP contribution in [0.25, 0.3) is 21.1 Å². The van der Waals surface area contributed by atoms with Gasteiger partial charge in [-0.25, -0.2) is 4.98 Å². The van der Waals surface area contributed by atoms with Gasteiger partial charge in [-0.05, 0) is 24.3 Å². The number of para-hydroxylation sites is 1. The van der Waals surface area contributed by atoms with Gasteiger partial charge < -0.3 is 0 Å². The summed E-state index contributed by atoms with van der Waals surface area (Å²) in [6, 6.07) is 13.2. The molecule has 102 valence electrons. The fourth-order valence-corrected chi connectivity index (χ4v) is 3.03. The number of thiazole rings is 1. The van der Waals surface area contributed by atoms with Crippen LogP contribution in [0.3, 0.4) is 0 Å². The van der Waals surface area contributed by atoms with E-state index in [-0.39, 0.29) is 5.91 Å². The van der Waals surface area contributed by atoms with Crippen molar-refractivity contribution in [2.45, 2.75) is 0 Å². The van der Waals surface area contributed by atoms with Gasteiger partial charge in [0.2, 0.25) is 0 Å². The summed E-state index contributed by atoms with van der Waals surface area (Å²) in [6.45, 7) is 0. The average molecular weight is 294 g/mol. The molecular formula is C15H10N4OS. The van der Waals surface area contributed by atoms with E-state index in [1.807, 2.05) is 30.3 Å².